The SMILES string of the molecule is CC1=NS(=O)(=O)c2cc(CN)ccc2N1. The molecule has 0 aliphatic carbocycles. The van der Waals surface area contributed by atoms with E-state index in [2.05, 4.69) is 9.71 Å². The Morgan fingerprint density at radius 1 is 1.47 bits per heavy atom. The first-order valence-electron chi connectivity index (χ1n) is 4.44. The summed E-state index contributed by atoms with van der Waals surface area (Å²) in [6, 6.07) is 5.04. The van der Waals surface area contributed by atoms with E-state index in [-0.39, 0.29) is 4.90 Å². The van der Waals surface area contributed by atoms with Crippen molar-refractivity contribution in [1.82, 2.24) is 0 Å². The molecule has 0 aromatic heterocycles. The number of benzene rings is 1. The Labute approximate surface area is 88.1 Å². The summed E-state index contributed by atoms with van der Waals surface area (Å²) in [6.07, 6.45) is 0. The van der Waals surface area contributed by atoms with E-state index >= 15 is 0 Å². The van der Waals surface area contributed by atoms with Gasteiger partial charge in [0, 0.05) is 6.54 Å². The maximum Gasteiger partial charge on any atom is 0.286 e. The van der Waals surface area contributed by atoms with Gasteiger partial charge in [-0.25, -0.2) is 0 Å². The summed E-state index contributed by atoms with van der Waals surface area (Å²) in [5, 5.41) is 2.90. The molecule has 80 valence electrons. The molecule has 6 heteroatoms. The van der Waals surface area contributed by atoms with Gasteiger partial charge in [-0.3, -0.25) is 0 Å². The summed E-state index contributed by atoms with van der Waals surface area (Å²) in [5.74, 6) is 0.378. The topological polar surface area (TPSA) is 84.5 Å². The van der Waals surface area contributed by atoms with Crippen LogP contribution in [0.15, 0.2) is 27.5 Å². The predicted molar refractivity (Wildman–Crippen MR) is 58.3 cm³/mol. The van der Waals surface area contributed by atoms with Crippen LogP contribution in [0, 0.1) is 0 Å². The van der Waals surface area contributed by atoms with E-state index in [1.165, 1.54) is 0 Å². The molecular weight excluding hydrogens is 214 g/mol. The first-order chi connectivity index (χ1) is 7.03. The molecule has 1 heterocycles. The van der Waals surface area contributed by atoms with Crippen LogP contribution in [0.1, 0.15) is 12.5 Å². The highest BCUT2D eigenvalue weighted by Crippen LogP contribution is 2.27. The van der Waals surface area contributed by atoms with E-state index in [9.17, 15) is 8.42 Å². The van der Waals surface area contributed by atoms with Crippen LogP contribution in [-0.2, 0) is 16.6 Å². The van der Waals surface area contributed by atoms with Gasteiger partial charge in [0.1, 0.15) is 10.7 Å². The van der Waals surface area contributed by atoms with Crippen molar-refractivity contribution in [2.24, 2.45) is 10.1 Å². The standard InChI is InChI=1S/C9H11N3O2S/c1-6-11-8-3-2-7(5-10)4-9(8)15(13,14)12-6/h2-4H,5,10H2,1H3,(H,11,12). The molecule has 0 radical (unpaired) electrons. The van der Waals surface area contributed by atoms with Gasteiger partial charge in [-0.1, -0.05) is 6.07 Å². The van der Waals surface area contributed by atoms with Crippen molar-refractivity contribution >= 4 is 21.5 Å². The number of rotatable bonds is 1. The Kier molecular flexibility index (Phi) is 2.24. The highest BCUT2D eigenvalue weighted by atomic mass is 32.2. The van der Waals surface area contributed by atoms with Gasteiger partial charge >= 0.3 is 0 Å². The van der Waals surface area contributed by atoms with Gasteiger partial charge in [0.25, 0.3) is 10.0 Å². The summed E-state index contributed by atoms with van der Waals surface area (Å²) in [7, 11) is -3.55. The number of hydrogen-bond acceptors (Lipinski definition) is 4. The lowest BCUT2D eigenvalue weighted by atomic mass is 10.2. The van der Waals surface area contributed by atoms with E-state index in [1.54, 1.807) is 25.1 Å². The van der Waals surface area contributed by atoms with Gasteiger partial charge in [-0.15, -0.1) is 4.40 Å². The van der Waals surface area contributed by atoms with E-state index in [0.29, 0.717) is 18.1 Å². The molecule has 1 aliphatic rings. The molecule has 0 fully saturated rings. The smallest absolute Gasteiger partial charge is 0.286 e. The predicted octanol–water partition coefficient (Wildman–Crippen LogP) is 0.678. The molecule has 15 heavy (non-hydrogen) atoms. The summed E-state index contributed by atoms with van der Waals surface area (Å²) in [6.45, 7) is 1.92. The molecule has 0 unspecified atom stereocenters. The lowest BCUT2D eigenvalue weighted by Crippen LogP contribution is -2.18. The number of nitrogens with two attached hydrogens (primary N) is 1. The highest BCUT2D eigenvalue weighted by Gasteiger charge is 2.23. The van der Waals surface area contributed by atoms with E-state index < -0.39 is 10.0 Å². The minimum Gasteiger partial charge on any atom is -0.342 e. The second-order valence-corrected chi connectivity index (χ2v) is 4.88. The van der Waals surface area contributed by atoms with Crippen LogP contribution in [0.3, 0.4) is 0 Å². The van der Waals surface area contributed by atoms with Crippen LogP contribution in [0.2, 0.25) is 0 Å². The van der Waals surface area contributed by atoms with Crippen LogP contribution in [-0.4, -0.2) is 14.3 Å². The number of nitrogens with zero attached hydrogens (tertiary/aromatic N) is 1. The molecule has 1 aliphatic heterocycles. The van der Waals surface area contributed by atoms with Crippen LogP contribution >= 0.6 is 0 Å². The lowest BCUT2D eigenvalue weighted by Gasteiger charge is -2.16. The van der Waals surface area contributed by atoms with Crippen LogP contribution < -0.4 is 11.1 Å². The Morgan fingerprint density at radius 2 is 2.20 bits per heavy atom. The summed E-state index contributed by atoms with van der Waals surface area (Å²) in [5.41, 5.74) is 6.78. The second-order valence-electron chi connectivity index (χ2n) is 3.31. The van der Waals surface area contributed by atoms with Crippen LogP contribution in [0.5, 0.6) is 0 Å². The number of amidine groups is 1. The van der Waals surface area contributed by atoms with E-state index in [1.807, 2.05) is 0 Å². The van der Waals surface area contributed by atoms with Crippen molar-refractivity contribution in [3.63, 3.8) is 0 Å². The van der Waals surface area contributed by atoms with Gasteiger partial charge in [0.2, 0.25) is 0 Å². The zero-order valence-corrected chi connectivity index (χ0v) is 9.00. The first kappa shape index (κ1) is 10.1. The third-order valence-corrected chi connectivity index (χ3v) is 3.54. The normalized spacial score (nSPS) is 17.6. The van der Waals surface area contributed by atoms with Crippen LogP contribution in [0.25, 0.3) is 0 Å². The summed E-state index contributed by atoms with van der Waals surface area (Å²) < 4.78 is 26.9. The molecule has 0 saturated heterocycles. The van der Waals surface area contributed by atoms with Crippen LogP contribution in [0.4, 0.5) is 5.69 Å². The second kappa shape index (κ2) is 3.32. The van der Waals surface area contributed by atoms with Gasteiger partial charge in [-0.05, 0) is 24.6 Å². The van der Waals surface area contributed by atoms with Crippen molar-refractivity contribution in [3.05, 3.63) is 23.8 Å². The molecular formula is C9H11N3O2S. The fourth-order valence-electron chi connectivity index (χ4n) is 1.46. The quantitative estimate of drug-likeness (QED) is 0.736. The highest BCUT2D eigenvalue weighted by molar-refractivity contribution is 7.90. The van der Waals surface area contributed by atoms with Crippen molar-refractivity contribution in [3.8, 4) is 0 Å². The minimum atomic E-state index is -3.55. The van der Waals surface area contributed by atoms with E-state index in [4.69, 9.17) is 5.73 Å². The maximum absolute atomic E-state index is 11.7. The molecule has 5 nitrogen and oxygen atoms in total. The molecule has 1 aromatic carbocycles. The number of sulfonamides is 1. The molecule has 0 bridgehead atoms. The monoisotopic (exact) mass is 225 g/mol. The molecule has 0 saturated carbocycles. The Bertz CT molecular complexity index is 534. The van der Waals surface area contributed by atoms with Gasteiger partial charge < -0.3 is 11.1 Å². The number of anilines is 1. The largest absolute Gasteiger partial charge is 0.342 e. The molecule has 3 N–H and O–H groups in total. The maximum atomic E-state index is 11.7. The first-order valence-corrected chi connectivity index (χ1v) is 5.88. The number of fused-ring (bicyclic) bond motifs is 1. The van der Waals surface area contributed by atoms with Gasteiger partial charge in [-0.2, -0.15) is 8.42 Å². The average Bonchev–Trinajstić information content (AvgIpc) is 2.16. The third kappa shape index (κ3) is 1.73. The summed E-state index contributed by atoms with van der Waals surface area (Å²) >= 11 is 0. The Balaban J connectivity index is 2.65. The fraction of sp³-hybridized carbons (Fsp3) is 0.222. The van der Waals surface area contributed by atoms with Gasteiger partial charge in [0.05, 0.1) is 5.69 Å². The molecule has 0 amide bonds. The Hall–Kier alpha value is -1.40. The molecule has 1 aromatic rings. The van der Waals surface area contributed by atoms with Gasteiger partial charge in [0.15, 0.2) is 0 Å². The molecule has 2 rings (SSSR count). The summed E-state index contributed by atoms with van der Waals surface area (Å²) in [4.78, 5) is 0.191. The van der Waals surface area contributed by atoms with Crippen molar-refractivity contribution in [2.75, 3.05) is 5.32 Å². The van der Waals surface area contributed by atoms with Crippen molar-refractivity contribution in [1.29, 1.82) is 0 Å². The average molecular weight is 225 g/mol. The minimum absolute atomic E-state index is 0.191. The zero-order valence-electron chi connectivity index (χ0n) is 8.19. The van der Waals surface area contributed by atoms with E-state index in [0.717, 1.165) is 5.56 Å². The zero-order chi connectivity index (χ0) is 11.1. The number of nitrogens with one attached hydrogen (secondary N) is 1. The fourth-order valence-corrected chi connectivity index (χ4v) is 2.66. The third-order valence-electron chi connectivity index (χ3n) is 2.13. The molecule has 0 atom stereocenters. The Morgan fingerprint density at radius 3 is 2.87 bits per heavy atom. The van der Waals surface area contributed by atoms with Crippen molar-refractivity contribution < 1.29 is 8.42 Å². The van der Waals surface area contributed by atoms with Crippen molar-refractivity contribution in [2.45, 2.75) is 18.4 Å². The number of hydrogen-bond donors (Lipinski definition) is 2. The lowest BCUT2D eigenvalue weighted by molar-refractivity contribution is 0.597. The molecule has 0 spiro atoms.